The molecule has 2 rings (SSSR count). The van der Waals surface area contributed by atoms with E-state index in [4.69, 9.17) is 5.73 Å². The average molecular weight is 279 g/mol. The van der Waals surface area contributed by atoms with Gasteiger partial charge in [0.15, 0.2) is 0 Å². The molecule has 0 bridgehead atoms. The molecule has 1 fully saturated rings. The maximum absolute atomic E-state index is 6.10. The van der Waals surface area contributed by atoms with Gasteiger partial charge in [0.2, 0.25) is 0 Å². The molecule has 0 amide bonds. The summed E-state index contributed by atoms with van der Waals surface area (Å²) in [6.45, 7) is 7.19. The smallest absolute Gasteiger partial charge is 0.0951 e. The van der Waals surface area contributed by atoms with E-state index < -0.39 is 0 Å². The molecule has 114 valence electrons. The molecule has 1 aromatic heterocycles. The monoisotopic (exact) mass is 279 g/mol. The van der Waals surface area contributed by atoms with E-state index in [9.17, 15) is 0 Å². The van der Waals surface area contributed by atoms with E-state index in [0.717, 1.165) is 13.1 Å². The molecule has 20 heavy (non-hydrogen) atoms. The van der Waals surface area contributed by atoms with Gasteiger partial charge in [-0.15, -0.1) is 0 Å². The molecule has 2 atom stereocenters. The van der Waals surface area contributed by atoms with E-state index in [2.05, 4.69) is 47.3 Å². The zero-order valence-corrected chi connectivity index (χ0v) is 13.3. The molecule has 5 nitrogen and oxygen atoms in total. The third kappa shape index (κ3) is 3.40. The minimum atomic E-state index is 0.262. The number of hydrogen-bond acceptors (Lipinski definition) is 4. The minimum absolute atomic E-state index is 0.262. The second-order valence-corrected chi connectivity index (χ2v) is 6.15. The number of nitrogens with two attached hydrogens (primary N) is 1. The molecule has 0 saturated heterocycles. The Morgan fingerprint density at radius 1 is 1.45 bits per heavy atom. The molecule has 5 heteroatoms. The van der Waals surface area contributed by atoms with E-state index in [1.165, 1.54) is 18.5 Å². The highest BCUT2D eigenvalue weighted by Gasteiger charge is 2.31. The summed E-state index contributed by atoms with van der Waals surface area (Å²) < 4.78 is 2.34. The molecule has 0 spiro atoms. The maximum Gasteiger partial charge on any atom is 0.0951 e. The lowest BCUT2D eigenvalue weighted by atomic mass is 10.1. The second kappa shape index (κ2) is 6.70. The van der Waals surface area contributed by atoms with Crippen molar-refractivity contribution in [2.24, 2.45) is 5.73 Å². The number of imidazole rings is 1. The van der Waals surface area contributed by atoms with Crippen LogP contribution < -0.4 is 5.73 Å². The van der Waals surface area contributed by atoms with Crippen LogP contribution in [-0.4, -0.2) is 59.1 Å². The van der Waals surface area contributed by atoms with Crippen molar-refractivity contribution in [2.45, 2.75) is 44.8 Å². The Labute approximate surface area is 122 Å². The van der Waals surface area contributed by atoms with Crippen molar-refractivity contribution in [3.8, 4) is 0 Å². The predicted molar refractivity (Wildman–Crippen MR) is 82.7 cm³/mol. The molecule has 1 aliphatic carbocycles. The van der Waals surface area contributed by atoms with Gasteiger partial charge in [0, 0.05) is 31.4 Å². The fraction of sp³-hybridized carbons (Fsp3) is 0.800. The van der Waals surface area contributed by atoms with E-state index in [0.29, 0.717) is 18.6 Å². The Morgan fingerprint density at radius 3 is 2.65 bits per heavy atom. The van der Waals surface area contributed by atoms with Gasteiger partial charge in [0.1, 0.15) is 0 Å². The highest BCUT2D eigenvalue weighted by molar-refractivity contribution is 5.10. The Balaban J connectivity index is 2.17. The largest absolute Gasteiger partial charge is 0.330 e. The lowest BCUT2D eigenvalue weighted by Crippen LogP contribution is -2.45. The van der Waals surface area contributed by atoms with Gasteiger partial charge in [-0.3, -0.25) is 4.90 Å². The van der Waals surface area contributed by atoms with E-state index >= 15 is 0 Å². The maximum atomic E-state index is 6.10. The molecule has 1 aliphatic rings. The first-order chi connectivity index (χ1) is 9.58. The summed E-state index contributed by atoms with van der Waals surface area (Å²) in [5.74, 6) is 0. The van der Waals surface area contributed by atoms with Crippen LogP contribution in [0.25, 0.3) is 0 Å². The Kier molecular flexibility index (Phi) is 5.18. The van der Waals surface area contributed by atoms with Gasteiger partial charge in [-0.1, -0.05) is 6.92 Å². The first-order valence-corrected chi connectivity index (χ1v) is 7.70. The summed E-state index contributed by atoms with van der Waals surface area (Å²) in [5.41, 5.74) is 7.38. The summed E-state index contributed by atoms with van der Waals surface area (Å²) >= 11 is 0. The van der Waals surface area contributed by atoms with Crippen molar-refractivity contribution in [3.05, 3.63) is 18.2 Å². The molecule has 1 aromatic rings. The third-order valence-electron chi connectivity index (χ3n) is 4.16. The van der Waals surface area contributed by atoms with Crippen LogP contribution in [0.1, 0.15) is 44.5 Å². The van der Waals surface area contributed by atoms with Crippen LogP contribution in [0, 0.1) is 0 Å². The Bertz CT molecular complexity index is 410. The van der Waals surface area contributed by atoms with Gasteiger partial charge in [0.25, 0.3) is 0 Å². The first-order valence-electron chi connectivity index (χ1n) is 7.70. The second-order valence-electron chi connectivity index (χ2n) is 6.15. The number of likely N-dealkylation sites (N-methyl/N-ethyl adjacent to an activating group) is 2. The highest BCUT2D eigenvalue weighted by atomic mass is 15.3. The minimum Gasteiger partial charge on any atom is -0.330 e. The summed E-state index contributed by atoms with van der Waals surface area (Å²) in [7, 11) is 4.24. The van der Waals surface area contributed by atoms with Crippen LogP contribution in [0.4, 0.5) is 0 Å². The highest BCUT2D eigenvalue weighted by Crippen LogP contribution is 2.37. The molecule has 0 radical (unpaired) electrons. The predicted octanol–water partition coefficient (Wildman–Crippen LogP) is 1.49. The standard InChI is InChI=1S/C15H29N5/c1-5-19(12(2)10-18(3)4)14(8-16)15-9-17-11-20(15)13-6-7-13/h9,11-14H,5-8,10,16H2,1-4H3. The van der Waals surface area contributed by atoms with E-state index in [1.807, 2.05) is 12.5 Å². The van der Waals surface area contributed by atoms with Crippen molar-refractivity contribution in [1.29, 1.82) is 0 Å². The van der Waals surface area contributed by atoms with Gasteiger partial charge in [-0.2, -0.15) is 0 Å². The lowest BCUT2D eigenvalue weighted by Gasteiger charge is -2.36. The van der Waals surface area contributed by atoms with Crippen LogP contribution in [0.3, 0.4) is 0 Å². The first kappa shape index (κ1) is 15.5. The topological polar surface area (TPSA) is 50.3 Å². The van der Waals surface area contributed by atoms with Gasteiger partial charge >= 0.3 is 0 Å². The van der Waals surface area contributed by atoms with Crippen molar-refractivity contribution in [3.63, 3.8) is 0 Å². The molecular weight excluding hydrogens is 250 g/mol. The summed E-state index contributed by atoms with van der Waals surface area (Å²) in [5, 5.41) is 0. The molecular formula is C15H29N5. The summed E-state index contributed by atoms with van der Waals surface area (Å²) in [6, 6.07) is 1.40. The van der Waals surface area contributed by atoms with Gasteiger partial charge < -0.3 is 15.2 Å². The SMILES string of the molecule is CCN(C(C)CN(C)C)C(CN)c1cncn1C1CC1. The van der Waals surface area contributed by atoms with Crippen molar-refractivity contribution >= 4 is 0 Å². The molecule has 0 aliphatic heterocycles. The summed E-state index contributed by atoms with van der Waals surface area (Å²) in [4.78, 5) is 9.09. The van der Waals surface area contributed by atoms with Crippen LogP contribution in [-0.2, 0) is 0 Å². The van der Waals surface area contributed by atoms with Crippen molar-refractivity contribution < 1.29 is 0 Å². The molecule has 0 aromatic carbocycles. The zero-order valence-electron chi connectivity index (χ0n) is 13.3. The normalized spacial score (nSPS) is 18.8. The fourth-order valence-corrected chi connectivity index (χ4v) is 3.13. The van der Waals surface area contributed by atoms with Gasteiger partial charge in [0.05, 0.1) is 18.1 Å². The summed E-state index contributed by atoms with van der Waals surface area (Å²) in [6.07, 6.45) is 6.53. The molecule has 1 saturated carbocycles. The van der Waals surface area contributed by atoms with E-state index in [1.54, 1.807) is 0 Å². The number of hydrogen-bond donors (Lipinski definition) is 1. The van der Waals surface area contributed by atoms with Gasteiger partial charge in [-0.05, 0) is 40.4 Å². The third-order valence-corrected chi connectivity index (χ3v) is 4.16. The van der Waals surface area contributed by atoms with Crippen LogP contribution >= 0.6 is 0 Å². The Morgan fingerprint density at radius 2 is 2.15 bits per heavy atom. The van der Waals surface area contributed by atoms with Crippen molar-refractivity contribution in [2.75, 3.05) is 33.7 Å². The average Bonchev–Trinajstić information content (AvgIpc) is 3.13. The van der Waals surface area contributed by atoms with Crippen LogP contribution in [0.2, 0.25) is 0 Å². The van der Waals surface area contributed by atoms with Crippen LogP contribution in [0.15, 0.2) is 12.5 Å². The lowest BCUT2D eigenvalue weighted by molar-refractivity contribution is 0.126. The zero-order chi connectivity index (χ0) is 14.7. The molecule has 2 unspecified atom stereocenters. The number of nitrogens with zero attached hydrogens (tertiary/aromatic N) is 4. The van der Waals surface area contributed by atoms with E-state index in [-0.39, 0.29) is 6.04 Å². The quantitative estimate of drug-likeness (QED) is 0.783. The Hall–Kier alpha value is -0.910. The van der Waals surface area contributed by atoms with Crippen LogP contribution in [0.5, 0.6) is 0 Å². The van der Waals surface area contributed by atoms with Gasteiger partial charge in [-0.25, -0.2) is 4.98 Å². The number of aromatic nitrogens is 2. The molecule has 2 N–H and O–H groups in total. The van der Waals surface area contributed by atoms with Crippen molar-refractivity contribution in [1.82, 2.24) is 19.4 Å². The fourth-order valence-electron chi connectivity index (χ4n) is 3.13. The number of rotatable bonds is 8. The molecule has 1 heterocycles.